The minimum atomic E-state index is 0.122. The smallest absolute Gasteiger partial charge is 0.132 e. The Morgan fingerprint density at radius 3 is 0.952 bits per heavy atom. The van der Waals surface area contributed by atoms with Gasteiger partial charge in [0.1, 0.15) is 5.78 Å². The second-order valence-corrected chi connectivity index (χ2v) is 3.40. The molecule has 0 aliphatic heterocycles. The van der Waals surface area contributed by atoms with Crippen LogP contribution in [0.5, 0.6) is 0 Å². The van der Waals surface area contributed by atoms with E-state index in [2.05, 4.69) is 14.2 Å². The highest BCUT2D eigenvalue weighted by Crippen LogP contribution is 1.83. The van der Waals surface area contributed by atoms with Gasteiger partial charge >= 0.3 is 0 Å². The fraction of sp³-hybridized carbons (Fsp3) is 0.929. The maximum atomic E-state index is 10.2. The zero-order valence-corrected chi connectivity index (χ0v) is 14.1. The zero-order valence-electron chi connectivity index (χ0n) is 14.1. The first-order valence-corrected chi connectivity index (χ1v) is 6.86. The molecule has 0 bridgehead atoms. The first-order chi connectivity index (χ1) is 10.1. The fourth-order valence-electron chi connectivity index (χ4n) is 0.524. The van der Waals surface area contributed by atoms with Gasteiger partial charge in [-0.1, -0.05) is 13.8 Å². The standard InChI is InChI=1S/C5H10O.3C3H8O2/c1-3-5(6)4-2;3*1-5-3-2-4/h3-4H2,1-2H3;3*4H,2-3H2,1H3. The lowest BCUT2D eigenvalue weighted by Crippen LogP contribution is -1.91. The number of hydrogen-bond acceptors (Lipinski definition) is 7. The molecule has 0 saturated carbocycles. The quantitative estimate of drug-likeness (QED) is 0.590. The molecule has 0 unspecified atom stereocenters. The fourth-order valence-corrected chi connectivity index (χ4v) is 0.524. The highest BCUT2D eigenvalue weighted by Gasteiger charge is 1.86. The van der Waals surface area contributed by atoms with Crippen LogP contribution >= 0.6 is 0 Å². The van der Waals surface area contributed by atoms with Crippen LogP contribution in [0.15, 0.2) is 0 Å². The molecule has 7 nitrogen and oxygen atoms in total. The average molecular weight is 314 g/mol. The Morgan fingerprint density at radius 1 is 0.714 bits per heavy atom. The monoisotopic (exact) mass is 314 g/mol. The Hall–Kier alpha value is -0.570. The summed E-state index contributed by atoms with van der Waals surface area (Å²) in [5.74, 6) is 0.343. The molecule has 3 N–H and O–H groups in total. The minimum Gasteiger partial charge on any atom is -0.394 e. The van der Waals surface area contributed by atoms with Crippen LogP contribution in [0.2, 0.25) is 0 Å². The second-order valence-electron chi connectivity index (χ2n) is 3.40. The lowest BCUT2D eigenvalue weighted by molar-refractivity contribution is -0.118. The number of aliphatic hydroxyl groups excluding tert-OH is 3. The van der Waals surface area contributed by atoms with Gasteiger partial charge in [-0.2, -0.15) is 0 Å². The van der Waals surface area contributed by atoms with E-state index < -0.39 is 0 Å². The van der Waals surface area contributed by atoms with E-state index in [0.29, 0.717) is 38.4 Å². The summed E-state index contributed by atoms with van der Waals surface area (Å²) < 4.78 is 13.3. The van der Waals surface area contributed by atoms with Gasteiger partial charge in [-0.25, -0.2) is 0 Å². The van der Waals surface area contributed by atoms with Crippen LogP contribution in [0.4, 0.5) is 0 Å². The van der Waals surface area contributed by atoms with E-state index in [4.69, 9.17) is 15.3 Å². The van der Waals surface area contributed by atoms with Crippen LogP contribution in [-0.2, 0) is 19.0 Å². The molecule has 0 spiro atoms. The van der Waals surface area contributed by atoms with Crippen LogP contribution in [0.25, 0.3) is 0 Å². The molecular weight excluding hydrogens is 280 g/mol. The van der Waals surface area contributed by atoms with Crippen molar-refractivity contribution in [3.05, 3.63) is 0 Å². The maximum Gasteiger partial charge on any atom is 0.132 e. The van der Waals surface area contributed by atoms with Gasteiger partial charge in [0.25, 0.3) is 0 Å². The third-order valence-corrected chi connectivity index (χ3v) is 1.67. The van der Waals surface area contributed by atoms with Crippen molar-refractivity contribution in [3.8, 4) is 0 Å². The Morgan fingerprint density at radius 2 is 0.952 bits per heavy atom. The average Bonchev–Trinajstić information content (AvgIpc) is 2.51. The molecule has 0 rings (SSSR count). The maximum absolute atomic E-state index is 10.2. The lowest BCUT2D eigenvalue weighted by Gasteiger charge is -1.84. The van der Waals surface area contributed by atoms with Crippen LogP contribution in [0.3, 0.4) is 0 Å². The van der Waals surface area contributed by atoms with E-state index >= 15 is 0 Å². The van der Waals surface area contributed by atoms with E-state index in [1.165, 1.54) is 0 Å². The van der Waals surface area contributed by atoms with Gasteiger partial charge in [0.2, 0.25) is 0 Å². The molecule has 132 valence electrons. The van der Waals surface area contributed by atoms with Gasteiger partial charge in [0.15, 0.2) is 0 Å². The van der Waals surface area contributed by atoms with Gasteiger partial charge < -0.3 is 29.5 Å². The molecule has 21 heavy (non-hydrogen) atoms. The number of hydrogen-bond donors (Lipinski definition) is 3. The first-order valence-electron chi connectivity index (χ1n) is 6.86. The van der Waals surface area contributed by atoms with Crippen molar-refractivity contribution in [3.63, 3.8) is 0 Å². The van der Waals surface area contributed by atoms with Crippen molar-refractivity contribution in [2.45, 2.75) is 26.7 Å². The molecule has 0 aromatic rings. The molecule has 0 aliphatic carbocycles. The van der Waals surface area contributed by atoms with Gasteiger partial charge in [-0.3, -0.25) is 4.79 Å². The topological polar surface area (TPSA) is 105 Å². The SMILES string of the molecule is CCC(=O)CC.COCCO.COCCO.COCCO. The van der Waals surface area contributed by atoms with Crippen molar-refractivity contribution < 1.29 is 34.3 Å². The molecule has 0 saturated heterocycles. The number of methoxy groups -OCH3 is 3. The summed E-state index contributed by atoms with van der Waals surface area (Å²) in [7, 11) is 4.66. The van der Waals surface area contributed by atoms with Gasteiger partial charge in [-0.05, 0) is 0 Å². The Kier molecular flexibility index (Phi) is 49.8. The third kappa shape index (κ3) is 66.4. The van der Waals surface area contributed by atoms with Gasteiger partial charge in [-0.15, -0.1) is 0 Å². The summed E-state index contributed by atoms with van der Waals surface area (Å²) >= 11 is 0. The summed E-state index contributed by atoms with van der Waals surface area (Å²) in [6.07, 6.45) is 1.38. The molecule has 0 aliphatic rings. The first kappa shape index (κ1) is 28.6. The predicted octanol–water partition coefficient (Wildman–Crippen LogP) is 0.251. The highest BCUT2D eigenvalue weighted by atomic mass is 16.5. The zero-order chi connectivity index (χ0) is 17.4. The molecule has 0 aromatic carbocycles. The Balaban J connectivity index is -0.0000000921. The van der Waals surface area contributed by atoms with E-state index in [1.807, 2.05) is 13.8 Å². The third-order valence-electron chi connectivity index (χ3n) is 1.67. The number of aliphatic hydroxyl groups is 3. The Bertz CT molecular complexity index is 128. The van der Waals surface area contributed by atoms with E-state index in [-0.39, 0.29) is 19.8 Å². The van der Waals surface area contributed by atoms with Crippen molar-refractivity contribution >= 4 is 5.78 Å². The number of Topliss-reactive ketones (excluding diaryl/α,β-unsaturated/α-hetero) is 1. The van der Waals surface area contributed by atoms with Gasteiger partial charge in [0.05, 0.1) is 39.6 Å². The summed E-state index contributed by atoms with van der Waals surface area (Å²) in [5, 5.41) is 23.8. The summed E-state index contributed by atoms with van der Waals surface area (Å²) in [4.78, 5) is 10.2. The van der Waals surface area contributed by atoms with Crippen molar-refractivity contribution in [1.82, 2.24) is 0 Å². The number of rotatable bonds is 8. The van der Waals surface area contributed by atoms with Gasteiger partial charge in [0, 0.05) is 34.2 Å². The number of carbonyl (C=O) groups excluding carboxylic acids is 1. The molecule has 0 atom stereocenters. The van der Waals surface area contributed by atoms with Crippen LogP contribution in [0, 0.1) is 0 Å². The van der Waals surface area contributed by atoms with Crippen LogP contribution in [0.1, 0.15) is 26.7 Å². The normalized spacial score (nSPS) is 8.38. The molecule has 0 heterocycles. The number of ether oxygens (including phenoxy) is 3. The Labute approximate surface area is 128 Å². The lowest BCUT2D eigenvalue weighted by atomic mass is 10.3. The summed E-state index contributed by atoms with van der Waals surface area (Å²) in [6.45, 7) is 5.46. The van der Waals surface area contributed by atoms with Crippen molar-refractivity contribution in [1.29, 1.82) is 0 Å². The largest absolute Gasteiger partial charge is 0.394 e. The van der Waals surface area contributed by atoms with Crippen molar-refractivity contribution in [2.75, 3.05) is 61.0 Å². The van der Waals surface area contributed by atoms with E-state index in [1.54, 1.807) is 21.3 Å². The molecule has 0 amide bonds. The van der Waals surface area contributed by atoms with E-state index in [9.17, 15) is 4.79 Å². The summed E-state index contributed by atoms with van der Waals surface area (Å²) in [6, 6.07) is 0. The van der Waals surface area contributed by atoms with Crippen LogP contribution in [-0.4, -0.2) is 82.1 Å². The number of carbonyl (C=O) groups is 1. The van der Waals surface area contributed by atoms with E-state index in [0.717, 1.165) is 0 Å². The second kappa shape index (κ2) is 36.6. The molecule has 0 aromatic heterocycles. The number of ketones is 1. The minimum absolute atomic E-state index is 0.122. The summed E-state index contributed by atoms with van der Waals surface area (Å²) in [5.41, 5.74) is 0. The highest BCUT2D eigenvalue weighted by molar-refractivity contribution is 5.77. The molecule has 0 fully saturated rings. The van der Waals surface area contributed by atoms with Crippen LogP contribution < -0.4 is 0 Å². The predicted molar refractivity (Wildman–Crippen MR) is 82.5 cm³/mol. The molecule has 7 heteroatoms. The molecular formula is C14H34O7. The molecule has 0 radical (unpaired) electrons. The van der Waals surface area contributed by atoms with Crippen molar-refractivity contribution in [2.24, 2.45) is 0 Å².